The Hall–Kier alpha value is -2.05. The molecule has 6 atom stereocenters. The summed E-state index contributed by atoms with van der Waals surface area (Å²) in [6.45, 7) is 2.63. The van der Waals surface area contributed by atoms with Gasteiger partial charge in [0.05, 0.1) is 30.9 Å². The number of hydrogen-bond acceptors (Lipinski definition) is 5. The minimum atomic E-state index is -0.157. The molecule has 140 valence electrons. The van der Waals surface area contributed by atoms with Gasteiger partial charge in [0.25, 0.3) is 0 Å². The number of hydrogen-bond donors (Lipinski definition) is 2. The highest BCUT2D eigenvalue weighted by molar-refractivity contribution is 5.99. The number of benzene rings is 1. The van der Waals surface area contributed by atoms with Crippen molar-refractivity contribution in [2.75, 3.05) is 24.6 Å². The summed E-state index contributed by atoms with van der Waals surface area (Å²) in [7, 11) is 0. The van der Waals surface area contributed by atoms with Crippen LogP contribution in [0.15, 0.2) is 23.8 Å². The maximum absolute atomic E-state index is 13.2. The van der Waals surface area contributed by atoms with E-state index in [0.29, 0.717) is 30.9 Å². The van der Waals surface area contributed by atoms with Gasteiger partial charge in [-0.1, -0.05) is 11.6 Å². The second-order valence-corrected chi connectivity index (χ2v) is 9.12. The minimum Gasteiger partial charge on any atom is -0.504 e. The predicted molar refractivity (Wildman–Crippen MR) is 96.7 cm³/mol. The van der Waals surface area contributed by atoms with E-state index in [0.717, 1.165) is 37.2 Å². The Balaban J connectivity index is 1.55. The van der Waals surface area contributed by atoms with Crippen LogP contribution in [0.3, 0.4) is 0 Å². The van der Waals surface area contributed by atoms with E-state index < -0.39 is 0 Å². The second-order valence-electron chi connectivity index (χ2n) is 9.12. The summed E-state index contributed by atoms with van der Waals surface area (Å²) >= 11 is 0. The van der Waals surface area contributed by atoms with Crippen LogP contribution in [-0.4, -0.2) is 58.9 Å². The number of carbonyl (C=O) groups excluding carboxylic acids is 1. The second kappa shape index (κ2) is 4.50. The monoisotopic (exact) mass is 366 g/mol. The number of phenolic OH excluding ortho intramolecular Hbond substituents is 2. The average Bonchev–Trinajstić information content (AvgIpc) is 3.10. The molecular formula is C21H22N2O4. The van der Waals surface area contributed by atoms with Gasteiger partial charge in [0, 0.05) is 30.0 Å². The standard InChI is InChI=1S/C21H22N2O4/c24-14-6-12-13(7-15(14)25)23-18(26)8-16-19-11-5-17-21(12,20(19)23)2-3-22(17)9-10(11)1-4-27-16/h1,6-7,11,16-17,19-20,24-25H,2-5,8-9H2/t11-,16+,17+,19+,20+,21-/m0/s1. The van der Waals surface area contributed by atoms with Gasteiger partial charge in [0.1, 0.15) is 0 Å². The molecular weight excluding hydrogens is 344 g/mol. The first kappa shape index (κ1) is 14.9. The quantitative estimate of drug-likeness (QED) is 0.538. The number of nitrogens with zero attached hydrogens (tertiary/aromatic N) is 2. The van der Waals surface area contributed by atoms with Gasteiger partial charge in [0.2, 0.25) is 5.91 Å². The lowest BCUT2D eigenvalue weighted by Crippen LogP contribution is -2.69. The number of anilines is 1. The van der Waals surface area contributed by atoms with Gasteiger partial charge in [-0.2, -0.15) is 0 Å². The first-order valence-corrected chi connectivity index (χ1v) is 10.0. The molecule has 0 unspecified atom stereocenters. The number of amides is 1. The Bertz CT molecular complexity index is 942. The molecule has 3 saturated heterocycles. The Morgan fingerprint density at radius 3 is 2.96 bits per heavy atom. The highest BCUT2D eigenvalue weighted by atomic mass is 16.5. The zero-order valence-corrected chi connectivity index (χ0v) is 15.0. The van der Waals surface area contributed by atoms with Crippen LogP contribution < -0.4 is 4.90 Å². The van der Waals surface area contributed by atoms with E-state index in [1.165, 1.54) is 5.57 Å². The predicted octanol–water partition coefficient (Wildman–Crippen LogP) is 1.50. The molecule has 1 aromatic rings. The van der Waals surface area contributed by atoms with Crippen molar-refractivity contribution >= 4 is 11.6 Å². The Morgan fingerprint density at radius 2 is 2.07 bits per heavy atom. The maximum Gasteiger partial charge on any atom is 0.229 e. The van der Waals surface area contributed by atoms with E-state index in [1.807, 2.05) is 4.90 Å². The van der Waals surface area contributed by atoms with E-state index in [1.54, 1.807) is 12.1 Å². The fraction of sp³-hybridized carbons (Fsp3) is 0.571. The minimum absolute atomic E-state index is 0.0287. The third-order valence-corrected chi connectivity index (χ3v) is 8.41. The van der Waals surface area contributed by atoms with Crippen LogP contribution in [0.25, 0.3) is 0 Å². The molecule has 5 aliphatic heterocycles. The van der Waals surface area contributed by atoms with Crippen LogP contribution in [0.1, 0.15) is 24.8 Å². The number of aromatic hydroxyl groups is 2. The summed E-state index contributed by atoms with van der Waals surface area (Å²) in [5, 5.41) is 20.5. The van der Waals surface area contributed by atoms with Gasteiger partial charge >= 0.3 is 0 Å². The van der Waals surface area contributed by atoms with Crippen LogP contribution >= 0.6 is 0 Å². The molecule has 2 N–H and O–H groups in total. The van der Waals surface area contributed by atoms with Crippen molar-refractivity contribution in [3.8, 4) is 11.5 Å². The molecule has 1 saturated carbocycles. The number of rotatable bonds is 0. The highest BCUT2D eigenvalue weighted by Crippen LogP contribution is 2.66. The SMILES string of the molecule is O=C1C[C@H]2OCC=C3CN4CC[C@@]56c7cc(O)c(O)cc7N1[C@@H]5[C@@H]2[C@H]3C[C@@H]46. The lowest BCUT2D eigenvalue weighted by Gasteiger charge is -2.58. The van der Waals surface area contributed by atoms with Gasteiger partial charge in [-0.3, -0.25) is 9.69 Å². The van der Waals surface area contributed by atoms with Crippen LogP contribution in [0.2, 0.25) is 0 Å². The highest BCUT2D eigenvalue weighted by Gasteiger charge is 2.71. The molecule has 4 fully saturated rings. The van der Waals surface area contributed by atoms with Crippen LogP contribution in [0, 0.1) is 11.8 Å². The van der Waals surface area contributed by atoms with E-state index in [-0.39, 0.29) is 35.0 Å². The third kappa shape index (κ3) is 1.49. The number of phenols is 2. The maximum atomic E-state index is 13.2. The Morgan fingerprint density at radius 1 is 1.22 bits per heavy atom. The summed E-state index contributed by atoms with van der Waals surface area (Å²) in [6, 6.07) is 3.79. The smallest absolute Gasteiger partial charge is 0.229 e. The van der Waals surface area contributed by atoms with Crippen molar-refractivity contribution in [3.05, 3.63) is 29.3 Å². The Labute approximate surface area is 157 Å². The first-order chi connectivity index (χ1) is 13.1. The van der Waals surface area contributed by atoms with E-state index in [2.05, 4.69) is 11.0 Å². The zero-order chi connectivity index (χ0) is 18.1. The summed E-state index contributed by atoms with van der Waals surface area (Å²) in [5.41, 5.74) is 3.20. The first-order valence-electron chi connectivity index (χ1n) is 10.0. The van der Waals surface area contributed by atoms with E-state index in [4.69, 9.17) is 4.74 Å². The van der Waals surface area contributed by atoms with E-state index in [9.17, 15) is 15.0 Å². The number of ether oxygens (including phenoxy) is 1. The molecule has 6 aliphatic rings. The molecule has 7 rings (SSSR count). The average molecular weight is 366 g/mol. The zero-order valence-electron chi connectivity index (χ0n) is 15.0. The van der Waals surface area contributed by atoms with E-state index >= 15 is 0 Å². The van der Waals surface area contributed by atoms with Crippen molar-refractivity contribution in [2.45, 2.75) is 42.9 Å². The van der Waals surface area contributed by atoms with Crippen molar-refractivity contribution in [1.29, 1.82) is 0 Å². The molecule has 1 aromatic carbocycles. The number of fused-ring (bicyclic) bond motifs is 2. The topological polar surface area (TPSA) is 73.2 Å². The normalized spacial score (nSPS) is 43.4. The number of carbonyl (C=O) groups is 1. The molecule has 27 heavy (non-hydrogen) atoms. The molecule has 0 radical (unpaired) electrons. The van der Waals surface area contributed by atoms with Crippen LogP contribution in [0.4, 0.5) is 5.69 Å². The molecule has 2 bridgehead atoms. The lowest BCUT2D eigenvalue weighted by atomic mass is 9.53. The van der Waals surface area contributed by atoms with Crippen molar-refractivity contribution in [1.82, 2.24) is 4.90 Å². The molecule has 6 heteroatoms. The molecule has 5 heterocycles. The van der Waals surface area contributed by atoms with Crippen LogP contribution in [0.5, 0.6) is 11.5 Å². The molecule has 0 aromatic heterocycles. The largest absolute Gasteiger partial charge is 0.504 e. The third-order valence-electron chi connectivity index (χ3n) is 8.41. The van der Waals surface area contributed by atoms with Gasteiger partial charge < -0.3 is 19.8 Å². The van der Waals surface area contributed by atoms with Crippen molar-refractivity contribution < 1.29 is 19.7 Å². The van der Waals surface area contributed by atoms with Gasteiger partial charge in [-0.15, -0.1) is 0 Å². The fourth-order valence-electron chi connectivity index (χ4n) is 7.57. The Kier molecular flexibility index (Phi) is 2.49. The molecule has 1 spiro atoms. The number of piperidine rings is 2. The van der Waals surface area contributed by atoms with Crippen molar-refractivity contribution in [3.63, 3.8) is 0 Å². The van der Waals surface area contributed by atoms with Gasteiger partial charge in [-0.05, 0) is 36.9 Å². The summed E-state index contributed by atoms with van der Waals surface area (Å²) < 4.78 is 6.20. The van der Waals surface area contributed by atoms with Crippen LogP contribution in [-0.2, 0) is 14.9 Å². The lowest BCUT2D eigenvalue weighted by molar-refractivity contribution is -0.132. The molecule has 6 nitrogen and oxygen atoms in total. The molecule has 1 amide bonds. The summed E-state index contributed by atoms with van der Waals surface area (Å²) in [6.07, 6.45) is 4.74. The van der Waals surface area contributed by atoms with Gasteiger partial charge in [0.15, 0.2) is 11.5 Å². The molecule has 1 aliphatic carbocycles. The van der Waals surface area contributed by atoms with Crippen molar-refractivity contribution in [2.24, 2.45) is 11.8 Å². The summed E-state index contributed by atoms with van der Waals surface area (Å²) in [5.74, 6) is 0.633. The van der Waals surface area contributed by atoms with Gasteiger partial charge in [-0.25, -0.2) is 0 Å². The summed E-state index contributed by atoms with van der Waals surface area (Å²) in [4.78, 5) is 17.8. The fourth-order valence-corrected chi connectivity index (χ4v) is 7.57.